The molecule has 0 saturated carbocycles. The predicted molar refractivity (Wildman–Crippen MR) is 139 cm³/mol. The number of hydrogen-bond donors (Lipinski definition) is 1. The van der Waals surface area contributed by atoms with E-state index in [2.05, 4.69) is 5.32 Å². The second-order valence-corrected chi connectivity index (χ2v) is 11.0. The summed E-state index contributed by atoms with van der Waals surface area (Å²) in [6.45, 7) is 2.12. The molecule has 1 aliphatic rings. The number of amides is 1. The van der Waals surface area contributed by atoms with E-state index in [1.165, 1.54) is 28.6 Å². The Hall–Kier alpha value is -3.54. The predicted octanol–water partition coefficient (Wildman–Crippen LogP) is 4.17. The van der Waals surface area contributed by atoms with E-state index in [-0.39, 0.29) is 27.6 Å². The molecule has 1 saturated heterocycles. The first-order valence-corrected chi connectivity index (χ1v) is 14.0. The van der Waals surface area contributed by atoms with Crippen molar-refractivity contribution in [2.45, 2.75) is 24.7 Å². The van der Waals surface area contributed by atoms with E-state index in [9.17, 15) is 22.8 Å². The summed E-state index contributed by atoms with van der Waals surface area (Å²) in [7, 11) is -3.70. The highest BCUT2D eigenvalue weighted by atomic mass is 32.2. The van der Waals surface area contributed by atoms with Crippen LogP contribution in [0, 0.1) is 0 Å². The fourth-order valence-corrected chi connectivity index (χ4v) is 6.46. The fraction of sp³-hybridized carbons (Fsp3) is 0.269. The second-order valence-electron chi connectivity index (χ2n) is 8.20. The van der Waals surface area contributed by atoms with Crippen molar-refractivity contribution < 1.29 is 32.3 Å². The van der Waals surface area contributed by atoms with Crippen LogP contribution in [0.2, 0.25) is 0 Å². The lowest BCUT2D eigenvalue weighted by Crippen LogP contribution is -2.28. The van der Waals surface area contributed by atoms with Gasteiger partial charge < -0.3 is 14.8 Å². The molecular weight excluding hydrogens is 516 g/mol. The second kappa shape index (κ2) is 11.7. The molecule has 0 spiro atoms. The van der Waals surface area contributed by atoms with E-state index < -0.39 is 34.5 Å². The number of nitrogens with zero attached hydrogens (tertiary/aromatic N) is 1. The number of carbonyl (C=O) groups is 3. The fourth-order valence-electron chi connectivity index (χ4n) is 3.92. The van der Waals surface area contributed by atoms with Crippen LogP contribution in [0.15, 0.2) is 64.9 Å². The summed E-state index contributed by atoms with van der Waals surface area (Å²) in [5.41, 5.74) is 1.64. The Labute approximate surface area is 219 Å². The van der Waals surface area contributed by atoms with Crippen molar-refractivity contribution in [3.05, 3.63) is 71.1 Å². The van der Waals surface area contributed by atoms with Gasteiger partial charge in [0, 0.05) is 24.0 Å². The Kier molecular flexibility index (Phi) is 8.37. The number of anilines is 1. The van der Waals surface area contributed by atoms with Crippen LogP contribution >= 0.6 is 11.3 Å². The van der Waals surface area contributed by atoms with Crippen molar-refractivity contribution in [1.29, 1.82) is 0 Å². The lowest BCUT2D eigenvalue weighted by molar-refractivity contribution is -0.119. The summed E-state index contributed by atoms with van der Waals surface area (Å²) >= 11 is 1.16. The zero-order valence-corrected chi connectivity index (χ0v) is 21.8. The number of sulfonamides is 1. The third-order valence-corrected chi connectivity index (χ3v) is 8.51. The van der Waals surface area contributed by atoms with Crippen LogP contribution in [0.5, 0.6) is 0 Å². The van der Waals surface area contributed by atoms with Gasteiger partial charge in [-0.15, -0.1) is 11.3 Å². The minimum Gasteiger partial charge on any atom is -0.462 e. The number of benzene rings is 2. The van der Waals surface area contributed by atoms with Gasteiger partial charge in [-0.3, -0.25) is 4.79 Å². The number of rotatable bonds is 9. The molecule has 1 N–H and O–H groups in total. The number of thiophene rings is 1. The maximum absolute atomic E-state index is 12.8. The number of nitrogens with one attached hydrogen (secondary N) is 1. The molecule has 0 unspecified atom stereocenters. The van der Waals surface area contributed by atoms with Crippen LogP contribution < -0.4 is 5.32 Å². The van der Waals surface area contributed by atoms with E-state index in [1.54, 1.807) is 12.3 Å². The number of ether oxygens (including phenoxy) is 2. The molecule has 0 bridgehead atoms. The van der Waals surface area contributed by atoms with Crippen molar-refractivity contribution in [3.8, 4) is 11.1 Å². The summed E-state index contributed by atoms with van der Waals surface area (Å²) < 4.78 is 37.3. The van der Waals surface area contributed by atoms with Gasteiger partial charge >= 0.3 is 11.9 Å². The Morgan fingerprint density at radius 2 is 1.70 bits per heavy atom. The average Bonchev–Trinajstić information content (AvgIpc) is 3.59. The molecule has 0 aliphatic carbocycles. The largest absolute Gasteiger partial charge is 0.462 e. The highest BCUT2D eigenvalue weighted by Gasteiger charge is 2.28. The van der Waals surface area contributed by atoms with Crippen LogP contribution in [0.25, 0.3) is 11.1 Å². The van der Waals surface area contributed by atoms with E-state index in [4.69, 9.17) is 9.47 Å². The SMILES string of the molecule is CCOC(=O)c1c(-c2ccccc2)csc1NC(=O)COC(=O)c1cccc(S(=O)(=O)N2CCCC2)c1. The molecule has 3 aromatic rings. The van der Waals surface area contributed by atoms with E-state index in [0.717, 1.165) is 29.7 Å². The number of hydrogen-bond acceptors (Lipinski definition) is 8. The van der Waals surface area contributed by atoms with E-state index in [1.807, 2.05) is 30.3 Å². The van der Waals surface area contributed by atoms with Crippen LogP contribution in [-0.4, -0.2) is 56.9 Å². The molecule has 0 radical (unpaired) electrons. The summed E-state index contributed by atoms with van der Waals surface area (Å²) in [6.07, 6.45) is 1.59. The molecule has 4 rings (SSSR count). The van der Waals surface area contributed by atoms with Gasteiger partial charge in [0.25, 0.3) is 5.91 Å². The Morgan fingerprint density at radius 3 is 2.41 bits per heavy atom. The zero-order valence-electron chi connectivity index (χ0n) is 20.1. The van der Waals surface area contributed by atoms with Gasteiger partial charge in [-0.2, -0.15) is 4.31 Å². The van der Waals surface area contributed by atoms with Crippen LogP contribution in [0.3, 0.4) is 0 Å². The van der Waals surface area contributed by atoms with Gasteiger partial charge in [-0.1, -0.05) is 36.4 Å². The molecule has 1 aliphatic heterocycles. The number of esters is 2. The Morgan fingerprint density at radius 1 is 0.973 bits per heavy atom. The normalized spacial score (nSPS) is 13.8. The first-order valence-electron chi connectivity index (χ1n) is 11.7. The standard InChI is InChI=1S/C26H26N2O7S2/c1-2-34-26(31)23-21(18-9-4-3-5-10-18)17-36-24(23)27-22(29)16-35-25(30)19-11-8-12-20(15-19)37(32,33)28-13-6-7-14-28/h3-5,8-12,15,17H,2,6-7,13-14,16H2,1H3,(H,27,29). The summed E-state index contributed by atoms with van der Waals surface area (Å²) in [5.74, 6) is -2.07. The van der Waals surface area contributed by atoms with Crippen molar-refractivity contribution in [1.82, 2.24) is 4.31 Å². The van der Waals surface area contributed by atoms with Crippen molar-refractivity contribution in [2.75, 3.05) is 31.6 Å². The minimum absolute atomic E-state index is 0.000549. The van der Waals surface area contributed by atoms with Crippen LogP contribution in [0.4, 0.5) is 5.00 Å². The van der Waals surface area contributed by atoms with Crippen molar-refractivity contribution in [2.24, 2.45) is 0 Å². The number of carbonyl (C=O) groups excluding carboxylic acids is 3. The summed E-state index contributed by atoms with van der Waals surface area (Å²) in [5, 5.41) is 4.64. The first kappa shape index (κ1) is 26.5. The maximum Gasteiger partial charge on any atom is 0.341 e. The molecule has 11 heteroatoms. The third kappa shape index (κ3) is 6.07. The van der Waals surface area contributed by atoms with Crippen molar-refractivity contribution in [3.63, 3.8) is 0 Å². The minimum atomic E-state index is -3.70. The van der Waals surface area contributed by atoms with E-state index >= 15 is 0 Å². The molecule has 1 aromatic heterocycles. The molecule has 1 fully saturated rings. The molecule has 2 aromatic carbocycles. The summed E-state index contributed by atoms with van der Waals surface area (Å²) in [6, 6.07) is 14.8. The maximum atomic E-state index is 12.8. The van der Waals surface area contributed by atoms with Crippen LogP contribution in [-0.2, 0) is 24.3 Å². The topological polar surface area (TPSA) is 119 Å². The van der Waals surface area contributed by atoms with E-state index in [0.29, 0.717) is 18.7 Å². The monoisotopic (exact) mass is 542 g/mol. The summed E-state index contributed by atoms with van der Waals surface area (Å²) in [4.78, 5) is 37.8. The van der Waals surface area contributed by atoms with Gasteiger partial charge in [-0.25, -0.2) is 18.0 Å². The lowest BCUT2D eigenvalue weighted by Gasteiger charge is -2.15. The molecule has 1 amide bonds. The molecule has 9 nitrogen and oxygen atoms in total. The quantitative estimate of drug-likeness (QED) is 0.403. The molecule has 37 heavy (non-hydrogen) atoms. The molecule has 2 heterocycles. The Balaban J connectivity index is 1.44. The van der Waals surface area contributed by atoms with Crippen molar-refractivity contribution >= 4 is 44.2 Å². The van der Waals surface area contributed by atoms with Gasteiger partial charge in [0.1, 0.15) is 10.6 Å². The molecular formula is C26H26N2O7S2. The third-order valence-electron chi connectivity index (χ3n) is 5.72. The van der Waals surface area contributed by atoms with Gasteiger partial charge in [0.15, 0.2) is 6.61 Å². The zero-order chi connectivity index (χ0) is 26.4. The Bertz CT molecular complexity index is 1400. The highest BCUT2D eigenvalue weighted by Crippen LogP contribution is 2.36. The average molecular weight is 543 g/mol. The van der Waals surface area contributed by atoms with Crippen LogP contribution in [0.1, 0.15) is 40.5 Å². The molecule has 0 atom stereocenters. The highest BCUT2D eigenvalue weighted by molar-refractivity contribution is 7.89. The van der Waals surface area contributed by atoms with Gasteiger partial charge in [-0.05, 0) is 43.5 Å². The van der Waals surface area contributed by atoms with Gasteiger partial charge in [0.2, 0.25) is 10.0 Å². The smallest absolute Gasteiger partial charge is 0.341 e. The molecule has 194 valence electrons. The van der Waals surface area contributed by atoms with Gasteiger partial charge in [0.05, 0.1) is 17.1 Å². The first-order chi connectivity index (χ1) is 17.8. The lowest BCUT2D eigenvalue weighted by atomic mass is 10.0.